The third kappa shape index (κ3) is 1.09. The van der Waals surface area contributed by atoms with Crippen molar-refractivity contribution >= 4 is 0 Å². The molecule has 1 saturated heterocycles. The van der Waals surface area contributed by atoms with Crippen LogP contribution in [-0.4, -0.2) is 23.9 Å². The van der Waals surface area contributed by atoms with Crippen LogP contribution in [0.5, 0.6) is 0 Å². The highest BCUT2D eigenvalue weighted by Crippen LogP contribution is 2.60. The molecule has 1 heterocycles. The largest absolute Gasteiger partial charge is 0.423 e. The van der Waals surface area contributed by atoms with Crippen molar-refractivity contribution in [1.82, 2.24) is 5.32 Å². The Morgan fingerprint density at radius 1 is 0.769 bits per heavy atom. The van der Waals surface area contributed by atoms with E-state index in [0.29, 0.717) is 0 Å². The summed E-state index contributed by atoms with van der Waals surface area (Å²) in [6.07, 6.45) is -12.1. The molecule has 1 aliphatic rings. The van der Waals surface area contributed by atoms with Crippen molar-refractivity contribution < 1.29 is 35.1 Å². The standard InChI is InChI=1S/C4HF8N/c5-2(6,7)1(3(8,9)10)4(11,12)13-1/h13H. The number of halogens is 8. The van der Waals surface area contributed by atoms with Gasteiger partial charge in [-0.3, -0.25) is 0 Å². The molecule has 1 aliphatic heterocycles. The molecule has 1 nitrogen and oxygen atoms in total. The second-order valence-corrected chi connectivity index (χ2v) is 2.44. The summed E-state index contributed by atoms with van der Waals surface area (Å²) in [5.41, 5.74) is -5.06. The monoisotopic (exact) mass is 215 g/mol. The molecule has 0 aromatic heterocycles. The van der Waals surface area contributed by atoms with Crippen molar-refractivity contribution in [2.24, 2.45) is 0 Å². The molecule has 0 amide bonds. The summed E-state index contributed by atoms with van der Waals surface area (Å²) in [5.74, 6) is 0. The molecule has 0 unspecified atom stereocenters. The van der Waals surface area contributed by atoms with E-state index >= 15 is 0 Å². The fraction of sp³-hybridized carbons (Fsp3) is 1.00. The van der Waals surface area contributed by atoms with Crippen molar-refractivity contribution in [3.63, 3.8) is 0 Å². The van der Waals surface area contributed by atoms with Gasteiger partial charge in [-0.2, -0.15) is 35.1 Å². The lowest BCUT2D eigenvalue weighted by molar-refractivity contribution is -0.283. The lowest BCUT2D eigenvalue weighted by atomic mass is 10.1. The van der Waals surface area contributed by atoms with Gasteiger partial charge in [0.05, 0.1) is 0 Å². The average molecular weight is 215 g/mol. The normalized spacial score (nSPS) is 25.8. The van der Waals surface area contributed by atoms with Crippen molar-refractivity contribution in [3.8, 4) is 0 Å². The molecule has 78 valence electrons. The summed E-state index contributed by atoms with van der Waals surface area (Å²) in [6.45, 7) is 0. The van der Waals surface area contributed by atoms with Gasteiger partial charge in [0.2, 0.25) is 0 Å². The van der Waals surface area contributed by atoms with Gasteiger partial charge >= 0.3 is 18.4 Å². The van der Waals surface area contributed by atoms with Gasteiger partial charge in [0.15, 0.2) is 0 Å². The van der Waals surface area contributed by atoms with Crippen LogP contribution in [-0.2, 0) is 0 Å². The average Bonchev–Trinajstić information content (AvgIpc) is 2.30. The Morgan fingerprint density at radius 2 is 1.00 bits per heavy atom. The van der Waals surface area contributed by atoms with Gasteiger partial charge in [0, 0.05) is 0 Å². The minimum Gasteiger partial charge on any atom is -0.228 e. The molecule has 0 aromatic rings. The van der Waals surface area contributed by atoms with Crippen molar-refractivity contribution in [2.45, 2.75) is 23.9 Å². The molecule has 0 aliphatic carbocycles. The third-order valence-corrected chi connectivity index (χ3v) is 1.60. The fourth-order valence-electron chi connectivity index (χ4n) is 0.863. The van der Waals surface area contributed by atoms with Crippen molar-refractivity contribution in [2.75, 3.05) is 0 Å². The van der Waals surface area contributed by atoms with Crippen LogP contribution in [0.3, 0.4) is 0 Å². The molecule has 1 N–H and O–H groups in total. The van der Waals surface area contributed by atoms with E-state index in [1.165, 1.54) is 0 Å². The molecule has 0 aromatic carbocycles. The SMILES string of the molecule is FC(F)(F)C1(C(F)(F)F)NC1(F)F. The van der Waals surface area contributed by atoms with Gasteiger partial charge in [-0.1, -0.05) is 0 Å². The number of hydrogen-bond donors (Lipinski definition) is 1. The lowest BCUT2D eigenvalue weighted by Gasteiger charge is -2.20. The molecule has 0 atom stereocenters. The summed E-state index contributed by atoms with van der Waals surface area (Å²) in [7, 11) is 0. The maximum Gasteiger partial charge on any atom is 0.423 e. The second-order valence-electron chi connectivity index (χ2n) is 2.44. The Balaban J connectivity index is 3.10. The Kier molecular flexibility index (Phi) is 1.67. The van der Waals surface area contributed by atoms with Crippen LogP contribution in [0.15, 0.2) is 0 Å². The van der Waals surface area contributed by atoms with E-state index in [1.807, 2.05) is 0 Å². The molecular weight excluding hydrogens is 214 g/mol. The minimum absolute atomic E-state index is 0.118. The quantitative estimate of drug-likeness (QED) is 0.372. The molecule has 0 spiro atoms. The Hall–Kier alpha value is -0.600. The highest BCUT2D eigenvalue weighted by Gasteiger charge is 2.95. The van der Waals surface area contributed by atoms with Gasteiger partial charge in [-0.25, -0.2) is 5.32 Å². The van der Waals surface area contributed by atoms with Crippen LogP contribution in [0.2, 0.25) is 0 Å². The first-order valence-corrected chi connectivity index (χ1v) is 2.76. The summed E-state index contributed by atoms with van der Waals surface area (Å²) in [4.78, 5) is 0. The molecule has 0 radical (unpaired) electrons. The van der Waals surface area contributed by atoms with E-state index in [-0.39, 0.29) is 5.32 Å². The zero-order valence-electron chi connectivity index (χ0n) is 5.52. The molecule has 0 saturated carbocycles. The van der Waals surface area contributed by atoms with Crippen LogP contribution in [0.4, 0.5) is 35.1 Å². The van der Waals surface area contributed by atoms with E-state index in [2.05, 4.69) is 0 Å². The molecular formula is C4HF8N. The smallest absolute Gasteiger partial charge is 0.228 e. The van der Waals surface area contributed by atoms with Crippen LogP contribution >= 0.6 is 0 Å². The van der Waals surface area contributed by atoms with Crippen LogP contribution in [0, 0.1) is 0 Å². The first-order valence-electron chi connectivity index (χ1n) is 2.76. The van der Waals surface area contributed by atoms with E-state index in [4.69, 9.17) is 0 Å². The van der Waals surface area contributed by atoms with Gasteiger partial charge < -0.3 is 0 Å². The molecule has 13 heavy (non-hydrogen) atoms. The highest BCUT2D eigenvalue weighted by molar-refractivity contribution is 5.23. The van der Waals surface area contributed by atoms with Crippen LogP contribution in [0.25, 0.3) is 0 Å². The van der Waals surface area contributed by atoms with Crippen molar-refractivity contribution in [1.29, 1.82) is 0 Å². The topological polar surface area (TPSA) is 21.9 Å². The van der Waals surface area contributed by atoms with Gasteiger partial charge in [0.25, 0.3) is 5.54 Å². The Labute approximate surface area is 65.7 Å². The summed E-state index contributed by atoms with van der Waals surface area (Å²) >= 11 is 0. The first kappa shape index (κ1) is 10.5. The van der Waals surface area contributed by atoms with Crippen LogP contribution < -0.4 is 5.32 Å². The Morgan fingerprint density at radius 3 is 1.00 bits per heavy atom. The maximum atomic E-state index is 11.9. The summed E-state index contributed by atoms with van der Waals surface area (Å²) < 4.78 is 93.5. The van der Waals surface area contributed by atoms with E-state index < -0.39 is 23.9 Å². The Bertz CT molecular complexity index is 209. The third-order valence-electron chi connectivity index (χ3n) is 1.60. The summed E-state index contributed by atoms with van der Waals surface area (Å²) in [5, 5.41) is 0.118. The zero-order valence-corrected chi connectivity index (χ0v) is 5.52. The van der Waals surface area contributed by atoms with Gasteiger partial charge in [0.1, 0.15) is 0 Å². The summed E-state index contributed by atoms with van der Waals surface area (Å²) in [6, 6.07) is -4.97. The second kappa shape index (κ2) is 2.07. The molecule has 9 heteroatoms. The van der Waals surface area contributed by atoms with Gasteiger partial charge in [-0.15, -0.1) is 0 Å². The number of alkyl halides is 8. The predicted octanol–water partition coefficient (Wildman–Crippen LogP) is 2.05. The fourth-order valence-corrected chi connectivity index (χ4v) is 0.863. The van der Waals surface area contributed by atoms with Gasteiger partial charge in [-0.05, 0) is 0 Å². The maximum absolute atomic E-state index is 11.9. The van der Waals surface area contributed by atoms with E-state index in [1.54, 1.807) is 0 Å². The van der Waals surface area contributed by atoms with E-state index in [0.717, 1.165) is 0 Å². The predicted molar refractivity (Wildman–Crippen MR) is 22.9 cm³/mol. The first-order chi connectivity index (χ1) is 5.46. The van der Waals surface area contributed by atoms with E-state index in [9.17, 15) is 35.1 Å². The zero-order chi connectivity index (χ0) is 10.7. The highest BCUT2D eigenvalue weighted by atomic mass is 19.4. The minimum atomic E-state index is -6.06. The lowest BCUT2D eigenvalue weighted by Crippen LogP contribution is -2.51. The van der Waals surface area contributed by atoms with Crippen LogP contribution in [0.1, 0.15) is 0 Å². The molecule has 1 rings (SSSR count). The molecule has 1 fully saturated rings. The molecule has 0 bridgehead atoms. The number of rotatable bonds is 0. The van der Waals surface area contributed by atoms with Crippen molar-refractivity contribution in [3.05, 3.63) is 0 Å². The number of hydrogen-bond acceptors (Lipinski definition) is 1. The number of nitrogens with one attached hydrogen (secondary N) is 1.